The monoisotopic (exact) mass is 285 g/mol. The molecule has 1 aromatic carbocycles. The predicted molar refractivity (Wildman–Crippen MR) is 88.4 cm³/mol. The number of benzene rings is 1. The van der Waals surface area contributed by atoms with Crippen molar-refractivity contribution < 1.29 is 0 Å². The van der Waals surface area contributed by atoms with Crippen LogP contribution < -0.4 is 5.73 Å². The van der Waals surface area contributed by atoms with Crippen LogP contribution in [0.25, 0.3) is 0 Å². The summed E-state index contributed by atoms with van der Waals surface area (Å²) in [6.07, 6.45) is 3.89. The summed E-state index contributed by atoms with van der Waals surface area (Å²) in [6, 6.07) is 8.99. The van der Waals surface area contributed by atoms with Gasteiger partial charge in [0.05, 0.1) is 5.69 Å². The van der Waals surface area contributed by atoms with Crippen molar-refractivity contribution in [3.8, 4) is 0 Å². The van der Waals surface area contributed by atoms with Gasteiger partial charge in [0.15, 0.2) is 0 Å². The van der Waals surface area contributed by atoms with Crippen molar-refractivity contribution >= 4 is 0 Å². The third kappa shape index (κ3) is 3.53. The molecule has 2 N–H and O–H groups in total. The number of nitrogens with two attached hydrogens (primary N) is 1. The quantitative estimate of drug-likeness (QED) is 0.905. The Balaban J connectivity index is 2.20. The molecule has 0 saturated heterocycles. The number of aromatic nitrogens is 2. The van der Waals surface area contributed by atoms with E-state index in [0.29, 0.717) is 6.04 Å². The molecule has 0 bridgehead atoms. The minimum atomic E-state index is -0.396. The summed E-state index contributed by atoms with van der Waals surface area (Å²) in [5.74, 6) is 0. The normalized spacial score (nSPS) is 15.7. The van der Waals surface area contributed by atoms with Crippen molar-refractivity contribution in [2.24, 2.45) is 5.73 Å². The molecule has 0 spiro atoms. The molecular formula is C18H27N3. The Morgan fingerprint density at radius 3 is 2.57 bits per heavy atom. The average molecular weight is 285 g/mol. The van der Waals surface area contributed by atoms with Gasteiger partial charge in [0.25, 0.3) is 0 Å². The molecule has 0 aliphatic carbocycles. The summed E-state index contributed by atoms with van der Waals surface area (Å²) in [5, 5.41) is 4.67. The largest absolute Gasteiger partial charge is 0.321 e. The molecule has 2 unspecified atom stereocenters. The third-order valence-corrected chi connectivity index (χ3v) is 4.42. The molecule has 2 atom stereocenters. The third-order valence-electron chi connectivity index (χ3n) is 4.42. The smallest absolute Gasteiger partial charge is 0.0646 e. The topological polar surface area (TPSA) is 43.8 Å². The van der Waals surface area contributed by atoms with E-state index in [9.17, 15) is 0 Å². The van der Waals surface area contributed by atoms with E-state index in [1.165, 1.54) is 16.7 Å². The van der Waals surface area contributed by atoms with E-state index in [1.807, 2.05) is 4.68 Å². The molecule has 2 rings (SSSR count). The molecule has 2 aromatic rings. The van der Waals surface area contributed by atoms with E-state index in [1.54, 1.807) is 0 Å². The van der Waals surface area contributed by atoms with E-state index in [-0.39, 0.29) is 0 Å². The van der Waals surface area contributed by atoms with Crippen molar-refractivity contribution in [1.29, 1.82) is 0 Å². The lowest BCUT2D eigenvalue weighted by atomic mass is 9.87. The lowest BCUT2D eigenvalue weighted by Crippen LogP contribution is -2.35. The van der Waals surface area contributed by atoms with Crippen molar-refractivity contribution in [3.63, 3.8) is 0 Å². The second-order valence-electron chi connectivity index (χ2n) is 6.44. The van der Waals surface area contributed by atoms with E-state index in [4.69, 9.17) is 5.73 Å². The van der Waals surface area contributed by atoms with Gasteiger partial charge in [0.2, 0.25) is 0 Å². The summed E-state index contributed by atoms with van der Waals surface area (Å²) in [5.41, 5.74) is 11.0. The van der Waals surface area contributed by atoms with Crippen LogP contribution in [0.5, 0.6) is 0 Å². The van der Waals surface area contributed by atoms with Crippen molar-refractivity contribution in [1.82, 2.24) is 9.78 Å². The zero-order valence-electron chi connectivity index (χ0n) is 13.9. The van der Waals surface area contributed by atoms with Crippen LogP contribution >= 0.6 is 0 Å². The summed E-state index contributed by atoms with van der Waals surface area (Å²) in [7, 11) is 0. The summed E-state index contributed by atoms with van der Waals surface area (Å²) in [6.45, 7) is 10.7. The van der Waals surface area contributed by atoms with Gasteiger partial charge < -0.3 is 5.73 Å². The number of nitrogens with zero attached hydrogens (tertiary/aromatic N) is 2. The molecule has 114 valence electrons. The first kappa shape index (κ1) is 15.8. The molecule has 3 nitrogen and oxygen atoms in total. The van der Waals surface area contributed by atoms with Gasteiger partial charge in [-0.2, -0.15) is 5.10 Å². The minimum absolute atomic E-state index is 0.396. The second-order valence-corrected chi connectivity index (χ2v) is 6.44. The number of hydrogen-bond donors (Lipinski definition) is 1. The first-order valence-electron chi connectivity index (χ1n) is 7.74. The fraction of sp³-hybridized carbons (Fsp3) is 0.500. The van der Waals surface area contributed by atoms with E-state index < -0.39 is 5.54 Å². The maximum absolute atomic E-state index is 6.56. The Kier molecular flexibility index (Phi) is 4.52. The van der Waals surface area contributed by atoms with Gasteiger partial charge in [-0.25, -0.2) is 0 Å². The molecule has 0 aliphatic heterocycles. The first-order chi connectivity index (χ1) is 9.83. The fourth-order valence-corrected chi connectivity index (χ4v) is 2.48. The lowest BCUT2D eigenvalue weighted by molar-refractivity contribution is 0.451. The van der Waals surface area contributed by atoms with Crippen LogP contribution in [0.15, 0.2) is 30.5 Å². The van der Waals surface area contributed by atoms with E-state index >= 15 is 0 Å². The van der Waals surface area contributed by atoms with Crippen LogP contribution in [0.3, 0.4) is 0 Å². The lowest BCUT2D eigenvalue weighted by Gasteiger charge is -2.25. The van der Waals surface area contributed by atoms with Crippen molar-refractivity contribution in [3.05, 3.63) is 52.8 Å². The van der Waals surface area contributed by atoms with E-state index in [0.717, 1.165) is 18.5 Å². The molecule has 1 aromatic heterocycles. The molecule has 0 fully saturated rings. The van der Waals surface area contributed by atoms with Gasteiger partial charge in [-0.05, 0) is 56.9 Å². The first-order valence-corrected chi connectivity index (χ1v) is 7.74. The highest BCUT2D eigenvalue weighted by Crippen LogP contribution is 2.24. The maximum Gasteiger partial charge on any atom is 0.0646 e. The maximum atomic E-state index is 6.56. The molecular weight excluding hydrogens is 258 g/mol. The highest BCUT2D eigenvalue weighted by Gasteiger charge is 2.23. The van der Waals surface area contributed by atoms with Crippen LogP contribution in [0.4, 0.5) is 0 Å². The van der Waals surface area contributed by atoms with Crippen LogP contribution in [0.1, 0.15) is 55.6 Å². The summed E-state index contributed by atoms with van der Waals surface area (Å²) in [4.78, 5) is 0. The number of hydrogen-bond acceptors (Lipinski definition) is 2. The van der Waals surface area contributed by atoms with Crippen LogP contribution in [0.2, 0.25) is 0 Å². The molecule has 0 radical (unpaired) electrons. The zero-order valence-corrected chi connectivity index (χ0v) is 13.9. The fourth-order valence-electron chi connectivity index (χ4n) is 2.48. The number of rotatable bonds is 5. The average Bonchev–Trinajstić information content (AvgIpc) is 2.88. The van der Waals surface area contributed by atoms with Gasteiger partial charge in [0.1, 0.15) is 0 Å². The molecule has 3 heteroatoms. The van der Waals surface area contributed by atoms with Gasteiger partial charge >= 0.3 is 0 Å². The summed E-state index contributed by atoms with van der Waals surface area (Å²) >= 11 is 0. The van der Waals surface area contributed by atoms with Crippen LogP contribution in [-0.2, 0) is 12.0 Å². The van der Waals surface area contributed by atoms with Crippen molar-refractivity contribution in [2.45, 2.75) is 59.0 Å². The Hall–Kier alpha value is -1.61. The molecule has 0 saturated carbocycles. The standard InChI is InChI=1S/C18H27N3/c1-6-15(4)21-10-9-17(20-21)12-18(5,19)16-8-7-13(2)14(3)11-16/h7-11,15H,6,12,19H2,1-5H3. The summed E-state index contributed by atoms with van der Waals surface area (Å²) < 4.78 is 2.03. The zero-order chi connectivity index (χ0) is 15.6. The predicted octanol–water partition coefficient (Wildman–Crippen LogP) is 3.89. The van der Waals surface area contributed by atoms with Gasteiger partial charge in [-0.15, -0.1) is 0 Å². The highest BCUT2D eigenvalue weighted by atomic mass is 15.3. The van der Waals surface area contributed by atoms with Crippen LogP contribution in [-0.4, -0.2) is 9.78 Å². The SMILES string of the molecule is CCC(C)n1ccc(CC(C)(N)c2ccc(C)c(C)c2)n1. The Labute approximate surface area is 128 Å². The van der Waals surface area contributed by atoms with Gasteiger partial charge in [0, 0.05) is 24.2 Å². The van der Waals surface area contributed by atoms with E-state index in [2.05, 4.69) is 70.2 Å². The van der Waals surface area contributed by atoms with Gasteiger partial charge in [-0.3, -0.25) is 4.68 Å². The highest BCUT2D eigenvalue weighted by molar-refractivity contribution is 5.34. The number of aryl methyl sites for hydroxylation is 2. The molecule has 0 amide bonds. The Bertz CT molecular complexity index is 611. The molecule has 21 heavy (non-hydrogen) atoms. The second kappa shape index (κ2) is 6.02. The van der Waals surface area contributed by atoms with Gasteiger partial charge in [-0.1, -0.05) is 25.1 Å². The van der Waals surface area contributed by atoms with Crippen molar-refractivity contribution in [2.75, 3.05) is 0 Å². The Morgan fingerprint density at radius 2 is 1.95 bits per heavy atom. The minimum Gasteiger partial charge on any atom is -0.321 e. The molecule has 1 heterocycles. The van der Waals surface area contributed by atoms with Crippen LogP contribution in [0, 0.1) is 13.8 Å². The Morgan fingerprint density at radius 1 is 1.24 bits per heavy atom. The molecule has 0 aliphatic rings.